The number of rotatable bonds is 8. The fourth-order valence-electron chi connectivity index (χ4n) is 3.59. The van der Waals surface area contributed by atoms with Crippen LogP contribution in [0, 0.1) is 0 Å². The summed E-state index contributed by atoms with van der Waals surface area (Å²) in [7, 11) is 1.76. The molecule has 1 aliphatic rings. The van der Waals surface area contributed by atoms with Crippen LogP contribution in [-0.2, 0) is 13.0 Å². The number of ether oxygens (including phenoxy) is 1. The van der Waals surface area contributed by atoms with E-state index in [0.29, 0.717) is 6.54 Å². The highest BCUT2D eigenvalue weighted by molar-refractivity contribution is 14.0. The van der Waals surface area contributed by atoms with Crippen molar-refractivity contribution in [1.82, 2.24) is 25.4 Å². The fourth-order valence-corrected chi connectivity index (χ4v) is 3.59. The smallest absolute Gasteiger partial charge is 0.387 e. The maximum atomic E-state index is 12.3. The quantitative estimate of drug-likeness (QED) is 0.300. The lowest BCUT2D eigenvalue weighted by Crippen LogP contribution is -2.51. The van der Waals surface area contributed by atoms with E-state index in [1.54, 1.807) is 25.5 Å². The van der Waals surface area contributed by atoms with Crippen LogP contribution >= 0.6 is 24.0 Å². The molecule has 1 aromatic heterocycles. The number of alkyl halides is 2. The topological polar surface area (TPSA) is 79.6 Å². The summed E-state index contributed by atoms with van der Waals surface area (Å²) in [5, 5.41) is 14.9. The van der Waals surface area contributed by atoms with Gasteiger partial charge in [0.25, 0.3) is 0 Å². The third-order valence-electron chi connectivity index (χ3n) is 5.07. The van der Waals surface area contributed by atoms with Crippen molar-refractivity contribution in [2.75, 3.05) is 31.6 Å². The van der Waals surface area contributed by atoms with E-state index in [0.717, 1.165) is 56.4 Å². The highest BCUT2D eigenvalue weighted by Gasteiger charge is 2.21. The Kier molecular flexibility index (Phi) is 10.2. The Balaban J connectivity index is 0.00000341. The third-order valence-corrected chi connectivity index (χ3v) is 5.07. The van der Waals surface area contributed by atoms with Gasteiger partial charge in [-0.3, -0.25) is 4.99 Å². The van der Waals surface area contributed by atoms with Crippen molar-refractivity contribution >= 4 is 35.6 Å². The molecule has 1 aliphatic heterocycles. The number of nitrogens with one attached hydrogen (secondary N) is 2. The highest BCUT2D eigenvalue weighted by Crippen LogP contribution is 2.23. The zero-order valence-electron chi connectivity index (χ0n) is 17.8. The van der Waals surface area contributed by atoms with Gasteiger partial charge in [-0.25, -0.2) is 0 Å². The summed E-state index contributed by atoms with van der Waals surface area (Å²) >= 11 is 0. The molecule has 1 aromatic carbocycles. The lowest BCUT2D eigenvalue weighted by molar-refractivity contribution is -0.0498. The Morgan fingerprint density at radius 2 is 2.10 bits per heavy atom. The average Bonchev–Trinajstić information content (AvgIpc) is 3.21. The van der Waals surface area contributed by atoms with Crippen LogP contribution in [0.3, 0.4) is 0 Å². The number of benzene rings is 1. The SMILES string of the molecule is CCc1nncn1CCNC(=NC)NC1CCCN(c2ccc(OC(F)F)cc2)C1.I. The van der Waals surface area contributed by atoms with Gasteiger partial charge in [0.15, 0.2) is 5.96 Å². The zero-order valence-corrected chi connectivity index (χ0v) is 20.1. The fraction of sp³-hybridized carbons (Fsp3) is 0.550. The lowest BCUT2D eigenvalue weighted by atomic mass is 10.0. The summed E-state index contributed by atoms with van der Waals surface area (Å²) in [6.07, 6.45) is 4.66. The van der Waals surface area contributed by atoms with E-state index in [9.17, 15) is 8.78 Å². The molecule has 2 heterocycles. The summed E-state index contributed by atoms with van der Waals surface area (Å²) < 4.78 is 31.1. The Morgan fingerprint density at radius 3 is 2.77 bits per heavy atom. The van der Waals surface area contributed by atoms with Gasteiger partial charge in [-0.1, -0.05) is 6.92 Å². The molecular weight excluding hydrogens is 519 g/mol. The highest BCUT2D eigenvalue weighted by atomic mass is 127. The predicted octanol–water partition coefficient (Wildman–Crippen LogP) is 2.89. The molecule has 31 heavy (non-hydrogen) atoms. The summed E-state index contributed by atoms with van der Waals surface area (Å²) in [5.74, 6) is 1.89. The Hall–Kier alpha value is -2.18. The second-order valence-electron chi connectivity index (χ2n) is 7.10. The number of guanidine groups is 1. The predicted molar refractivity (Wildman–Crippen MR) is 128 cm³/mol. The number of piperidine rings is 1. The Morgan fingerprint density at radius 1 is 1.32 bits per heavy atom. The number of aryl methyl sites for hydroxylation is 1. The number of anilines is 1. The molecule has 3 rings (SSSR count). The van der Waals surface area contributed by atoms with Crippen LogP contribution in [-0.4, -0.2) is 60.1 Å². The normalized spacial score (nSPS) is 16.7. The molecule has 8 nitrogen and oxygen atoms in total. The first-order chi connectivity index (χ1) is 14.6. The molecule has 11 heteroatoms. The number of hydrogen-bond acceptors (Lipinski definition) is 5. The molecule has 0 saturated carbocycles. The van der Waals surface area contributed by atoms with E-state index in [1.165, 1.54) is 0 Å². The second-order valence-corrected chi connectivity index (χ2v) is 7.10. The first-order valence-electron chi connectivity index (χ1n) is 10.2. The van der Waals surface area contributed by atoms with Crippen LogP contribution in [0.5, 0.6) is 5.75 Å². The van der Waals surface area contributed by atoms with Crippen LogP contribution in [0.25, 0.3) is 0 Å². The Bertz CT molecular complexity index is 816. The van der Waals surface area contributed by atoms with Gasteiger partial charge >= 0.3 is 6.61 Å². The van der Waals surface area contributed by atoms with E-state index in [4.69, 9.17) is 0 Å². The van der Waals surface area contributed by atoms with Crippen LogP contribution < -0.4 is 20.3 Å². The third kappa shape index (κ3) is 7.47. The number of aliphatic imine (C=N–C) groups is 1. The molecular formula is C20H30F2IN7O. The molecule has 0 aliphatic carbocycles. The van der Waals surface area contributed by atoms with Crippen molar-refractivity contribution in [2.24, 2.45) is 4.99 Å². The van der Waals surface area contributed by atoms with Crippen LogP contribution in [0.15, 0.2) is 35.6 Å². The first kappa shape index (κ1) is 25.1. The minimum Gasteiger partial charge on any atom is -0.435 e. The van der Waals surface area contributed by atoms with E-state index in [2.05, 4.69) is 42.4 Å². The molecule has 0 spiro atoms. The van der Waals surface area contributed by atoms with Crippen molar-refractivity contribution in [2.45, 2.75) is 45.4 Å². The van der Waals surface area contributed by atoms with Gasteiger partial charge in [-0.2, -0.15) is 8.78 Å². The number of nitrogens with zero attached hydrogens (tertiary/aromatic N) is 5. The van der Waals surface area contributed by atoms with Crippen molar-refractivity contribution in [3.8, 4) is 5.75 Å². The van der Waals surface area contributed by atoms with Crippen LogP contribution in [0.4, 0.5) is 14.5 Å². The minimum atomic E-state index is -2.81. The molecule has 172 valence electrons. The van der Waals surface area contributed by atoms with Gasteiger partial charge in [0, 0.05) is 51.4 Å². The molecule has 2 aromatic rings. The van der Waals surface area contributed by atoms with Gasteiger partial charge in [0.05, 0.1) is 0 Å². The molecule has 0 bridgehead atoms. The maximum absolute atomic E-state index is 12.3. The van der Waals surface area contributed by atoms with Gasteiger partial charge in [-0.05, 0) is 37.1 Å². The lowest BCUT2D eigenvalue weighted by Gasteiger charge is -2.35. The monoisotopic (exact) mass is 549 g/mol. The number of halogens is 3. The molecule has 1 saturated heterocycles. The van der Waals surface area contributed by atoms with Crippen molar-refractivity contribution in [3.63, 3.8) is 0 Å². The summed E-state index contributed by atoms with van der Waals surface area (Å²) in [5.41, 5.74) is 0.991. The Labute approximate surface area is 198 Å². The minimum absolute atomic E-state index is 0. The number of aromatic nitrogens is 3. The van der Waals surface area contributed by atoms with Gasteiger partial charge in [0.2, 0.25) is 0 Å². The zero-order chi connectivity index (χ0) is 21.3. The van der Waals surface area contributed by atoms with E-state index in [1.807, 2.05) is 16.7 Å². The molecule has 0 amide bonds. The van der Waals surface area contributed by atoms with E-state index < -0.39 is 6.61 Å². The van der Waals surface area contributed by atoms with Crippen molar-refractivity contribution in [1.29, 1.82) is 0 Å². The van der Waals surface area contributed by atoms with E-state index in [-0.39, 0.29) is 35.8 Å². The second kappa shape index (κ2) is 12.6. The van der Waals surface area contributed by atoms with E-state index >= 15 is 0 Å². The van der Waals surface area contributed by atoms with Gasteiger partial charge < -0.3 is 24.8 Å². The molecule has 1 atom stereocenters. The van der Waals surface area contributed by atoms with Crippen molar-refractivity contribution < 1.29 is 13.5 Å². The first-order valence-corrected chi connectivity index (χ1v) is 10.2. The molecule has 0 radical (unpaired) electrons. The summed E-state index contributed by atoms with van der Waals surface area (Å²) in [6, 6.07) is 7.03. The van der Waals surface area contributed by atoms with Crippen LogP contribution in [0.1, 0.15) is 25.6 Å². The maximum Gasteiger partial charge on any atom is 0.387 e. The standard InChI is InChI=1S/C20H29F2N7O.HI/c1-3-18-27-25-14-29(18)12-10-24-20(23-2)26-15-5-4-11-28(13-15)16-6-8-17(9-7-16)30-19(21)22;/h6-9,14-15,19H,3-5,10-13H2,1-2H3,(H2,23,24,26);1H. The van der Waals surface area contributed by atoms with Crippen LogP contribution in [0.2, 0.25) is 0 Å². The number of hydrogen-bond donors (Lipinski definition) is 2. The largest absolute Gasteiger partial charge is 0.435 e. The van der Waals surface area contributed by atoms with Gasteiger partial charge in [0.1, 0.15) is 17.9 Å². The van der Waals surface area contributed by atoms with Crippen molar-refractivity contribution in [3.05, 3.63) is 36.4 Å². The summed E-state index contributed by atoms with van der Waals surface area (Å²) in [6.45, 7) is 2.46. The molecule has 1 unspecified atom stereocenters. The summed E-state index contributed by atoms with van der Waals surface area (Å²) in [4.78, 5) is 6.57. The molecule has 1 fully saturated rings. The van der Waals surface area contributed by atoms with Gasteiger partial charge in [-0.15, -0.1) is 34.2 Å². The molecule has 2 N–H and O–H groups in total. The average molecular weight is 549 g/mol.